The largest absolute Gasteiger partial charge is 0.402 e. The molecule has 0 radical (unpaired) electrons. The van der Waals surface area contributed by atoms with Crippen LogP contribution in [0.25, 0.3) is 0 Å². The van der Waals surface area contributed by atoms with Crippen LogP contribution < -0.4 is 16.8 Å². The average molecular weight is 302 g/mol. The van der Waals surface area contributed by atoms with E-state index in [0.29, 0.717) is 17.3 Å². The van der Waals surface area contributed by atoms with Gasteiger partial charge in [-0.3, -0.25) is 4.79 Å². The number of carbonyl (C=O) groups excluding carboxylic acids is 1. The lowest BCUT2D eigenvalue weighted by atomic mass is 9.96. The van der Waals surface area contributed by atoms with E-state index in [0.717, 1.165) is 48.3 Å². The molecule has 0 aromatic carbocycles. The highest BCUT2D eigenvalue weighted by Crippen LogP contribution is 2.34. The van der Waals surface area contributed by atoms with Crippen molar-refractivity contribution in [3.8, 4) is 0 Å². The highest BCUT2D eigenvalue weighted by Gasteiger charge is 2.25. The zero-order valence-electron chi connectivity index (χ0n) is 11.7. The summed E-state index contributed by atoms with van der Waals surface area (Å²) in [4.78, 5) is 16.5. The number of nitrogens with two attached hydrogens (primary N) is 2. The predicted molar refractivity (Wildman–Crippen MR) is 84.9 cm³/mol. The maximum Gasteiger partial charge on any atom is 0.267 e. The standard InChI is InChI=1S/C15H18N4OS/c16-11(8-1-2-8)6-14(21)10-5-12(15(17)20)19-13-7-18-4-3-9(10)13/h5-6,8,18H,1-4,7,16H2,(H2,17,20). The van der Waals surface area contributed by atoms with Crippen molar-refractivity contribution < 1.29 is 4.79 Å². The molecule has 5 nitrogen and oxygen atoms in total. The third-order valence-corrected chi connectivity index (χ3v) is 4.26. The van der Waals surface area contributed by atoms with Crippen LogP contribution in [0.15, 0.2) is 17.8 Å². The van der Waals surface area contributed by atoms with Crippen LogP contribution in [-0.2, 0) is 13.0 Å². The van der Waals surface area contributed by atoms with E-state index >= 15 is 0 Å². The number of nitrogens with zero attached hydrogens (tertiary/aromatic N) is 1. The Hall–Kier alpha value is -1.79. The second-order valence-corrected chi connectivity index (χ2v) is 5.99. The molecule has 0 saturated heterocycles. The van der Waals surface area contributed by atoms with E-state index in [2.05, 4.69) is 10.3 Å². The summed E-state index contributed by atoms with van der Waals surface area (Å²) in [7, 11) is 0. The lowest BCUT2D eigenvalue weighted by Gasteiger charge is -2.20. The van der Waals surface area contributed by atoms with Gasteiger partial charge in [-0.1, -0.05) is 12.2 Å². The molecule has 0 atom stereocenters. The first-order chi connectivity index (χ1) is 10.1. The van der Waals surface area contributed by atoms with Crippen LogP contribution in [0.4, 0.5) is 0 Å². The minimum absolute atomic E-state index is 0.258. The highest BCUT2D eigenvalue weighted by molar-refractivity contribution is 7.81. The molecule has 1 saturated carbocycles. The quantitative estimate of drug-likeness (QED) is 0.434. The van der Waals surface area contributed by atoms with Crippen molar-refractivity contribution in [3.05, 3.63) is 40.4 Å². The van der Waals surface area contributed by atoms with Crippen LogP contribution in [0, 0.1) is 5.92 Å². The maximum absolute atomic E-state index is 11.5. The molecule has 5 N–H and O–H groups in total. The van der Waals surface area contributed by atoms with E-state index in [1.54, 1.807) is 6.07 Å². The minimum atomic E-state index is -0.536. The van der Waals surface area contributed by atoms with Crippen molar-refractivity contribution in [2.24, 2.45) is 17.4 Å². The Morgan fingerprint density at radius 1 is 1.43 bits per heavy atom. The number of primary amides is 1. The van der Waals surface area contributed by atoms with E-state index < -0.39 is 5.91 Å². The van der Waals surface area contributed by atoms with Crippen LogP contribution in [0.5, 0.6) is 0 Å². The molecule has 6 heteroatoms. The fraction of sp³-hybridized carbons (Fsp3) is 0.400. The summed E-state index contributed by atoms with van der Waals surface area (Å²) in [6.07, 6.45) is 4.97. The van der Waals surface area contributed by atoms with Gasteiger partial charge in [0.2, 0.25) is 0 Å². The molecule has 0 unspecified atom stereocenters. The lowest BCUT2D eigenvalue weighted by molar-refractivity contribution is 0.0995. The Morgan fingerprint density at radius 2 is 2.19 bits per heavy atom. The minimum Gasteiger partial charge on any atom is -0.402 e. The van der Waals surface area contributed by atoms with Gasteiger partial charge in [-0.2, -0.15) is 0 Å². The van der Waals surface area contributed by atoms with E-state index in [1.807, 2.05) is 6.08 Å². The van der Waals surface area contributed by atoms with E-state index in [4.69, 9.17) is 23.7 Å². The molecule has 1 aromatic heterocycles. The monoisotopic (exact) mass is 302 g/mol. The molecule has 1 amide bonds. The molecular formula is C15H18N4OS. The third-order valence-electron chi connectivity index (χ3n) is 3.92. The summed E-state index contributed by atoms with van der Waals surface area (Å²) in [5.41, 5.74) is 15.3. The van der Waals surface area contributed by atoms with Crippen LogP contribution in [0.3, 0.4) is 0 Å². The summed E-state index contributed by atoms with van der Waals surface area (Å²) in [5.74, 6) is -0.0653. The number of amides is 1. The molecule has 1 aromatic rings. The van der Waals surface area contributed by atoms with Gasteiger partial charge in [0.05, 0.1) is 5.69 Å². The van der Waals surface area contributed by atoms with E-state index in [9.17, 15) is 4.79 Å². The number of hydrogen-bond acceptors (Lipinski definition) is 5. The van der Waals surface area contributed by atoms with Gasteiger partial charge in [-0.15, -0.1) is 0 Å². The molecule has 1 aliphatic heterocycles. The average Bonchev–Trinajstić information content (AvgIpc) is 3.30. The van der Waals surface area contributed by atoms with Crippen LogP contribution >= 0.6 is 12.2 Å². The van der Waals surface area contributed by atoms with Gasteiger partial charge in [0.25, 0.3) is 5.91 Å². The van der Waals surface area contributed by atoms with Crippen LogP contribution in [-0.4, -0.2) is 22.3 Å². The molecule has 2 heterocycles. The predicted octanol–water partition coefficient (Wildman–Crippen LogP) is 0.797. The van der Waals surface area contributed by atoms with Gasteiger partial charge in [0.1, 0.15) is 5.69 Å². The third kappa shape index (κ3) is 2.96. The number of aromatic nitrogens is 1. The fourth-order valence-electron chi connectivity index (χ4n) is 2.58. The molecule has 1 fully saturated rings. The molecule has 0 bridgehead atoms. The van der Waals surface area contributed by atoms with Crippen molar-refractivity contribution >= 4 is 23.0 Å². The molecule has 1 aliphatic carbocycles. The van der Waals surface area contributed by atoms with Crippen molar-refractivity contribution in [3.63, 3.8) is 0 Å². The first kappa shape index (κ1) is 14.2. The van der Waals surface area contributed by atoms with Gasteiger partial charge in [0.15, 0.2) is 0 Å². The zero-order chi connectivity index (χ0) is 15.0. The van der Waals surface area contributed by atoms with Crippen molar-refractivity contribution in [1.29, 1.82) is 0 Å². The first-order valence-corrected chi connectivity index (χ1v) is 7.52. The lowest BCUT2D eigenvalue weighted by Crippen LogP contribution is -2.28. The number of carbonyl (C=O) groups is 1. The maximum atomic E-state index is 11.5. The number of nitrogens with one attached hydrogen (secondary N) is 1. The van der Waals surface area contributed by atoms with Gasteiger partial charge in [-0.05, 0) is 55.0 Å². The van der Waals surface area contributed by atoms with Gasteiger partial charge >= 0.3 is 0 Å². The molecule has 3 rings (SSSR count). The fourth-order valence-corrected chi connectivity index (χ4v) is 2.90. The van der Waals surface area contributed by atoms with Gasteiger partial charge < -0.3 is 16.8 Å². The number of fused-ring (bicyclic) bond motifs is 1. The first-order valence-electron chi connectivity index (χ1n) is 7.11. The molecular weight excluding hydrogens is 284 g/mol. The van der Waals surface area contributed by atoms with E-state index in [-0.39, 0.29) is 5.69 Å². The normalized spacial score (nSPS) is 18.2. The Morgan fingerprint density at radius 3 is 2.86 bits per heavy atom. The summed E-state index contributed by atoms with van der Waals surface area (Å²) in [5, 5.41) is 3.24. The molecule has 110 valence electrons. The second kappa shape index (κ2) is 5.54. The van der Waals surface area contributed by atoms with E-state index in [1.165, 1.54) is 0 Å². The molecule has 21 heavy (non-hydrogen) atoms. The van der Waals surface area contributed by atoms with Crippen LogP contribution in [0.2, 0.25) is 0 Å². The van der Waals surface area contributed by atoms with Crippen LogP contribution in [0.1, 0.15) is 40.2 Å². The molecule has 2 aliphatic rings. The zero-order valence-corrected chi connectivity index (χ0v) is 12.5. The summed E-state index contributed by atoms with van der Waals surface area (Å²) < 4.78 is 0. The smallest absolute Gasteiger partial charge is 0.267 e. The number of thiocarbonyl (C=S) groups is 1. The Bertz CT molecular complexity index is 649. The number of allylic oxidation sites excluding steroid dienone is 2. The highest BCUT2D eigenvalue weighted by atomic mass is 32.1. The summed E-state index contributed by atoms with van der Waals surface area (Å²) in [6, 6.07) is 1.70. The number of pyridine rings is 1. The van der Waals surface area contributed by atoms with Gasteiger partial charge in [0, 0.05) is 17.1 Å². The second-order valence-electron chi connectivity index (χ2n) is 5.55. The SMILES string of the molecule is NC(=O)c1cc(C(=S)C=C(N)C2CC2)c2c(n1)CNCC2. The Kier molecular flexibility index (Phi) is 3.73. The van der Waals surface area contributed by atoms with Crippen molar-refractivity contribution in [2.45, 2.75) is 25.8 Å². The topological polar surface area (TPSA) is 94.0 Å². The Labute approximate surface area is 128 Å². The van der Waals surface area contributed by atoms with Crippen molar-refractivity contribution in [2.75, 3.05) is 6.54 Å². The molecule has 0 spiro atoms. The summed E-state index contributed by atoms with van der Waals surface area (Å²) in [6.45, 7) is 1.51. The number of hydrogen-bond donors (Lipinski definition) is 3. The number of rotatable bonds is 4. The Balaban J connectivity index is 2.02. The van der Waals surface area contributed by atoms with Gasteiger partial charge in [-0.25, -0.2) is 4.98 Å². The van der Waals surface area contributed by atoms with Crippen molar-refractivity contribution in [1.82, 2.24) is 10.3 Å². The summed E-state index contributed by atoms with van der Waals surface area (Å²) >= 11 is 5.52.